The highest BCUT2D eigenvalue weighted by Crippen LogP contribution is 2.50. The van der Waals surface area contributed by atoms with Gasteiger partial charge in [-0.25, -0.2) is 13.4 Å². The molecule has 0 radical (unpaired) electrons. The molecule has 2 atom stereocenters. The highest BCUT2D eigenvalue weighted by atomic mass is 32.2. The normalized spacial score (nSPS) is 17.6. The Morgan fingerprint density at radius 2 is 1.86 bits per heavy atom. The van der Waals surface area contributed by atoms with Gasteiger partial charge in [-0.1, -0.05) is 50.3 Å². The molecule has 1 aliphatic rings. The number of hydrogen-bond donors (Lipinski definition) is 2. The number of fused-ring (bicyclic) bond motifs is 1. The van der Waals surface area contributed by atoms with Gasteiger partial charge in [0.15, 0.2) is 0 Å². The molecule has 1 fully saturated rings. The first-order valence-electron chi connectivity index (χ1n) is 12.5. The van der Waals surface area contributed by atoms with Crippen molar-refractivity contribution in [2.24, 2.45) is 5.92 Å². The highest BCUT2D eigenvalue weighted by molar-refractivity contribution is 7.92. The largest absolute Gasteiger partial charge is 0.496 e. The van der Waals surface area contributed by atoms with Crippen LogP contribution in [0.25, 0.3) is 16.7 Å². The summed E-state index contributed by atoms with van der Waals surface area (Å²) in [5, 5.41) is 3.40. The number of anilines is 2. The average Bonchev–Trinajstić information content (AvgIpc) is 3.51. The van der Waals surface area contributed by atoms with Crippen molar-refractivity contribution in [2.45, 2.75) is 37.5 Å². The van der Waals surface area contributed by atoms with E-state index in [1.165, 1.54) is 16.3 Å². The first-order chi connectivity index (χ1) is 17.8. The van der Waals surface area contributed by atoms with E-state index in [2.05, 4.69) is 36.3 Å². The van der Waals surface area contributed by atoms with Gasteiger partial charge in [0.2, 0.25) is 5.95 Å². The highest BCUT2D eigenvalue weighted by Gasteiger charge is 2.36. The molecule has 1 aromatic heterocycles. The van der Waals surface area contributed by atoms with Gasteiger partial charge in [-0.05, 0) is 66.1 Å². The van der Waals surface area contributed by atoms with Gasteiger partial charge in [-0.2, -0.15) is 0 Å². The van der Waals surface area contributed by atoms with E-state index in [9.17, 15) is 8.42 Å². The van der Waals surface area contributed by atoms with Gasteiger partial charge in [0.1, 0.15) is 5.75 Å². The number of rotatable bonds is 9. The summed E-state index contributed by atoms with van der Waals surface area (Å²) in [4.78, 5) is 8.36. The quantitative estimate of drug-likeness (QED) is 0.269. The predicted molar refractivity (Wildman–Crippen MR) is 150 cm³/mol. The Morgan fingerprint density at radius 3 is 2.49 bits per heavy atom. The molecular formula is C29H32N4O3S. The predicted octanol–water partition coefficient (Wildman–Crippen LogP) is 6.38. The molecular weight excluding hydrogens is 484 g/mol. The Hall–Kier alpha value is -3.78. The number of nitrogens with zero attached hydrogens (tertiary/aromatic N) is 2. The van der Waals surface area contributed by atoms with Crippen molar-refractivity contribution in [3.63, 3.8) is 0 Å². The number of ether oxygens (including phenoxy) is 1. The molecule has 0 spiro atoms. The molecule has 0 amide bonds. The molecule has 8 heteroatoms. The minimum atomic E-state index is -3.68. The van der Waals surface area contributed by atoms with Crippen molar-refractivity contribution in [1.29, 1.82) is 0 Å². The lowest BCUT2D eigenvalue weighted by Crippen LogP contribution is -2.26. The number of sulfonamides is 1. The molecule has 192 valence electrons. The third-order valence-electron chi connectivity index (χ3n) is 6.95. The zero-order valence-electron chi connectivity index (χ0n) is 21.5. The van der Waals surface area contributed by atoms with Crippen LogP contribution in [-0.4, -0.2) is 32.5 Å². The van der Waals surface area contributed by atoms with Crippen LogP contribution in [0.4, 0.5) is 11.6 Å². The maximum atomic E-state index is 13.2. The number of para-hydroxylation sites is 1. The molecule has 1 aliphatic carbocycles. The van der Waals surface area contributed by atoms with Gasteiger partial charge < -0.3 is 15.0 Å². The molecule has 2 unspecified atom stereocenters. The molecule has 1 saturated carbocycles. The molecule has 3 aromatic carbocycles. The SMILES string of the molecule is CC/C=C(\Nc1nc2cc(C3CC3C)c(OC)cc2[nH]1)c1ccc(S(=O)(=O)N(C)c2ccccc2)cc1. The molecule has 1 heterocycles. The summed E-state index contributed by atoms with van der Waals surface area (Å²) >= 11 is 0. The number of imidazole rings is 1. The van der Waals surface area contributed by atoms with E-state index in [1.54, 1.807) is 38.4 Å². The lowest BCUT2D eigenvalue weighted by molar-refractivity contribution is 0.410. The Morgan fingerprint density at radius 1 is 1.16 bits per heavy atom. The van der Waals surface area contributed by atoms with Crippen molar-refractivity contribution in [3.8, 4) is 5.75 Å². The number of allylic oxidation sites excluding steroid dienone is 1. The van der Waals surface area contributed by atoms with Gasteiger partial charge in [0, 0.05) is 18.8 Å². The fourth-order valence-electron chi connectivity index (χ4n) is 4.65. The maximum Gasteiger partial charge on any atom is 0.264 e. The molecule has 4 aromatic rings. The summed E-state index contributed by atoms with van der Waals surface area (Å²) in [6.45, 7) is 4.31. The molecule has 0 bridgehead atoms. The number of benzene rings is 3. The van der Waals surface area contributed by atoms with Crippen molar-refractivity contribution >= 4 is 38.4 Å². The van der Waals surface area contributed by atoms with Gasteiger partial charge in [0.25, 0.3) is 10.0 Å². The first kappa shape index (κ1) is 24.9. The van der Waals surface area contributed by atoms with Crippen molar-refractivity contribution < 1.29 is 13.2 Å². The lowest BCUT2D eigenvalue weighted by Gasteiger charge is -2.19. The second kappa shape index (κ2) is 9.94. The fraction of sp³-hybridized carbons (Fsp3) is 0.276. The van der Waals surface area contributed by atoms with E-state index in [4.69, 9.17) is 9.72 Å². The lowest BCUT2D eigenvalue weighted by atomic mass is 10.1. The Balaban J connectivity index is 1.40. The van der Waals surface area contributed by atoms with Crippen LogP contribution >= 0.6 is 0 Å². The van der Waals surface area contributed by atoms with Crippen molar-refractivity contribution in [1.82, 2.24) is 9.97 Å². The zero-order valence-corrected chi connectivity index (χ0v) is 22.3. The van der Waals surface area contributed by atoms with E-state index >= 15 is 0 Å². The first-order valence-corrected chi connectivity index (χ1v) is 13.9. The van der Waals surface area contributed by atoms with Crippen molar-refractivity contribution in [3.05, 3.63) is 83.9 Å². The van der Waals surface area contributed by atoms with Crippen LogP contribution in [0, 0.1) is 5.92 Å². The van der Waals surface area contributed by atoms with Crippen molar-refractivity contribution in [2.75, 3.05) is 23.8 Å². The Bertz CT molecular complexity index is 1540. The second-order valence-electron chi connectivity index (χ2n) is 9.50. The minimum absolute atomic E-state index is 0.233. The molecule has 5 rings (SSSR count). The number of hydrogen-bond acceptors (Lipinski definition) is 5. The molecule has 7 nitrogen and oxygen atoms in total. The van der Waals surface area contributed by atoms with E-state index in [1.807, 2.05) is 36.4 Å². The van der Waals surface area contributed by atoms with E-state index < -0.39 is 10.0 Å². The van der Waals surface area contributed by atoms with Crippen LogP contribution in [0.5, 0.6) is 5.75 Å². The summed E-state index contributed by atoms with van der Waals surface area (Å²) in [5.41, 5.74) is 5.33. The fourth-order valence-corrected chi connectivity index (χ4v) is 5.84. The maximum absolute atomic E-state index is 13.2. The van der Waals surface area contributed by atoms with Crippen LogP contribution in [0.15, 0.2) is 77.7 Å². The van der Waals surface area contributed by atoms with E-state index in [-0.39, 0.29) is 4.90 Å². The van der Waals surface area contributed by atoms with Crippen LogP contribution < -0.4 is 14.4 Å². The van der Waals surface area contributed by atoms with Crippen LogP contribution in [0.1, 0.15) is 43.7 Å². The van der Waals surface area contributed by atoms with Crippen LogP contribution in [0.2, 0.25) is 0 Å². The standard InChI is InChI=1S/C29H32N4O3S/c1-5-9-25(20-12-14-22(15-13-20)37(34,35)33(3)21-10-7-6-8-11-21)30-29-31-26-17-24(23-16-19(23)2)28(36-4)18-27(26)32-29/h6-15,17-19,23H,5,16H2,1-4H3,(H2,30,31,32)/b25-9-. The zero-order chi connectivity index (χ0) is 26.2. The molecule has 2 N–H and O–H groups in total. The molecule has 0 aliphatic heterocycles. The number of nitrogens with one attached hydrogen (secondary N) is 2. The third-order valence-corrected chi connectivity index (χ3v) is 8.75. The Labute approximate surface area is 218 Å². The summed E-state index contributed by atoms with van der Waals surface area (Å²) in [7, 11) is -0.408. The van der Waals surface area contributed by atoms with E-state index in [0.717, 1.165) is 34.5 Å². The van der Waals surface area contributed by atoms with Gasteiger partial charge >= 0.3 is 0 Å². The van der Waals surface area contributed by atoms with Gasteiger partial charge in [0.05, 0.1) is 28.7 Å². The average molecular weight is 517 g/mol. The van der Waals surface area contributed by atoms with Crippen LogP contribution in [-0.2, 0) is 10.0 Å². The topological polar surface area (TPSA) is 87.3 Å². The summed E-state index contributed by atoms with van der Waals surface area (Å²) in [6, 6.07) is 20.1. The van der Waals surface area contributed by atoms with Gasteiger partial charge in [-0.15, -0.1) is 0 Å². The monoisotopic (exact) mass is 516 g/mol. The molecule has 0 saturated heterocycles. The minimum Gasteiger partial charge on any atom is -0.496 e. The smallest absolute Gasteiger partial charge is 0.264 e. The summed E-state index contributed by atoms with van der Waals surface area (Å²) in [5.74, 6) is 2.71. The molecule has 37 heavy (non-hydrogen) atoms. The number of methoxy groups -OCH3 is 1. The number of aromatic amines is 1. The second-order valence-corrected chi connectivity index (χ2v) is 11.5. The Kier molecular flexibility index (Phi) is 6.69. The third kappa shape index (κ3) is 4.93. The van der Waals surface area contributed by atoms with E-state index in [0.29, 0.717) is 23.5 Å². The van der Waals surface area contributed by atoms with Gasteiger partial charge in [-0.3, -0.25) is 4.31 Å². The number of aromatic nitrogens is 2. The number of H-pyrrole nitrogens is 1. The van der Waals surface area contributed by atoms with Crippen LogP contribution in [0.3, 0.4) is 0 Å². The summed E-state index contributed by atoms with van der Waals surface area (Å²) in [6.07, 6.45) is 4.04. The summed E-state index contributed by atoms with van der Waals surface area (Å²) < 4.78 is 33.3.